The van der Waals surface area contributed by atoms with Gasteiger partial charge in [0.1, 0.15) is 0 Å². The molecule has 1 aliphatic heterocycles. The molecule has 3 rings (SSSR count). The Hall–Kier alpha value is -2.01. The van der Waals surface area contributed by atoms with E-state index in [0.29, 0.717) is 13.1 Å². The van der Waals surface area contributed by atoms with Crippen LogP contribution in [0, 0.1) is 0 Å². The number of rotatable bonds is 4. The van der Waals surface area contributed by atoms with Crippen LogP contribution < -0.4 is 11.1 Å². The number of benzene rings is 1. The summed E-state index contributed by atoms with van der Waals surface area (Å²) in [6.07, 6.45) is 2.88. The van der Waals surface area contributed by atoms with Crippen molar-refractivity contribution in [3.8, 4) is 0 Å². The SMILES string of the molecule is NCC1CN(CCc2c[nH]c3ccccc23)C(=O)N1. The zero-order chi connectivity index (χ0) is 13.2. The number of aromatic nitrogens is 1. The van der Waals surface area contributed by atoms with Gasteiger partial charge in [0, 0.05) is 36.7 Å². The maximum atomic E-state index is 11.7. The standard InChI is InChI=1S/C14H18N4O/c15-7-11-9-18(14(19)17-11)6-5-10-8-16-13-4-2-1-3-12(10)13/h1-4,8,11,16H,5-7,9,15H2,(H,17,19). The van der Waals surface area contributed by atoms with Crippen molar-refractivity contribution in [3.05, 3.63) is 36.0 Å². The number of aromatic amines is 1. The first kappa shape index (κ1) is 12.0. The summed E-state index contributed by atoms with van der Waals surface area (Å²) in [7, 11) is 0. The highest BCUT2D eigenvalue weighted by Gasteiger charge is 2.27. The van der Waals surface area contributed by atoms with Crippen LogP contribution in [0.25, 0.3) is 10.9 Å². The third-order valence-electron chi connectivity index (χ3n) is 3.67. The highest BCUT2D eigenvalue weighted by molar-refractivity contribution is 5.83. The van der Waals surface area contributed by atoms with Gasteiger partial charge in [-0.25, -0.2) is 4.79 Å². The number of nitrogens with two attached hydrogens (primary N) is 1. The minimum atomic E-state index is -0.00436. The quantitative estimate of drug-likeness (QED) is 0.767. The van der Waals surface area contributed by atoms with E-state index in [1.54, 1.807) is 0 Å². The van der Waals surface area contributed by atoms with Crippen LogP contribution in [-0.2, 0) is 6.42 Å². The van der Waals surface area contributed by atoms with Gasteiger partial charge in [-0.05, 0) is 18.1 Å². The van der Waals surface area contributed by atoms with Gasteiger partial charge in [0.25, 0.3) is 0 Å². The number of urea groups is 1. The number of amides is 2. The highest BCUT2D eigenvalue weighted by Crippen LogP contribution is 2.18. The van der Waals surface area contributed by atoms with Crippen molar-refractivity contribution in [1.82, 2.24) is 15.2 Å². The van der Waals surface area contributed by atoms with Gasteiger partial charge in [-0.2, -0.15) is 0 Å². The Labute approximate surface area is 111 Å². The second kappa shape index (κ2) is 4.93. The van der Waals surface area contributed by atoms with E-state index >= 15 is 0 Å². The molecule has 100 valence electrons. The second-order valence-corrected chi connectivity index (χ2v) is 4.94. The number of carbonyl (C=O) groups is 1. The molecule has 2 amide bonds. The van der Waals surface area contributed by atoms with E-state index in [1.807, 2.05) is 23.2 Å². The molecule has 0 aliphatic carbocycles. The Balaban J connectivity index is 1.68. The van der Waals surface area contributed by atoms with Gasteiger partial charge in [0.05, 0.1) is 6.04 Å². The summed E-state index contributed by atoms with van der Waals surface area (Å²) >= 11 is 0. The van der Waals surface area contributed by atoms with Crippen LogP contribution in [0.1, 0.15) is 5.56 Å². The number of hydrogen-bond acceptors (Lipinski definition) is 2. The lowest BCUT2D eigenvalue weighted by Gasteiger charge is -2.13. The van der Waals surface area contributed by atoms with E-state index in [1.165, 1.54) is 10.9 Å². The van der Waals surface area contributed by atoms with Gasteiger partial charge in [-0.15, -0.1) is 0 Å². The molecule has 1 aromatic heterocycles. The van der Waals surface area contributed by atoms with Crippen LogP contribution in [0.5, 0.6) is 0 Å². The lowest BCUT2D eigenvalue weighted by Crippen LogP contribution is -2.33. The first-order chi connectivity index (χ1) is 9.28. The minimum absolute atomic E-state index is 0.00436. The summed E-state index contributed by atoms with van der Waals surface area (Å²) in [6.45, 7) is 1.93. The molecule has 19 heavy (non-hydrogen) atoms. The average molecular weight is 258 g/mol. The molecule has 4 N–H and O–H groups in total. The Bertz CT molecular complexity index is 592. The van der Waals surface area contributed by atoms with Crippen LogP contribution >= 0.6 is 0 Å². The number of H-pyrrole nitrogens is 1. The zero-order valence-corrected chi connectivity index (χ0v) is 10.7. The predicted octanol–water partition coefficient (Wildman–Crippen LogP) is 1.06. The van der Waals surface area contributed by atoms with Crippen LogP contribution in [0.3, 0.4) is 0 Å². The Morgan fingerprint density at radius 3 is 3.00 bits per heavy atom. The van der Waals surface area contributed by atoms with E-state index < -0.39 is 0 Å². The van der Waals surface area contributed by atoms with Gasteiger partial charge >= 0.3 is 6.03 Å². The molecule has 2 aromatic rings. The normalized spacial score (nSPS) is 19.1. The Morgan fingerprint density at radius 2 is 2.21 bits per heavy atom. The molecule has 1 aliphatic rings. The third kappa shape index (κ3) is 2.29. The van der Waals surface area contributed by atoms with Crippen molar-refractivity contribution in [2.45, 2.75) is 12.5 Å². The van der Waals surface area contributed by atoms with Gasteiger partial charge in [0.2, 0.25) is 0 Å². The molecular formula is C14H18N4O. The summed E-state index contributed by atoms with van der Waals surface area (Å²) in [5.74, 6) is 0. The largest absolute Gasteiger partial charge is 0.361 e. The third-order valence-corrected chi connectivity index (χ3v) is 3.67. The van der Waals surface area contributed by atoms with E-state index in [4.69, 9.17) is 5.73 Å². The van der Waals surface area contributed by atoms with Gasteiger partial charge in [0.15, 0.2) is 0 Å². The van der Waals surface area contributed by atoms with Crippen molar-refractivity contribution < 1.29 is 4.79 Å². The molecule has 0 saturated carbocycles. The topological polar surface area (TPSA) is 74.1 Å². The molecule has 1 unspecified atom stereocenters. The monoisotopic (exact) mass is 258 g/mol. The van der Waals surface area contributed by atoms with Crippen LogP contribution in [-0.4, -0.2) is 41.6 Å². The number of carbonyl (C=O) groups excluding carboxylic acids is 1. The molecule has 5 heteroatoms. The van der Waals surface area contributed by atoms with Crippen LogP contribution in [0.15, 0.2) is 30.5 Å². The Kier molecular flexibility index (Phi) is 3.13. The van der Waals surface area contributed by atoms with Gasteiger partial charge in [-0.1, -0.05) is 18.2 Å². The van der Waals surface area contributed by atoms with E-state index in [9.17, 15) is 4.79 Å². The maximum absolute atomic E-state index is 11.7. The lowest BCUT2D eigenvalue weighted by molar-refractivity contribution is 0.218. The van der Waals surface area contributed by atoms with Crippen molar-refractivity contribution in [3.63, 3.8) is 0 Å². The molecule has 2 heterocycles. The highest BCUT2D eigenvalue weighted by atomic mass is 16.2. The number of nitrogens with zero attached hydrogens (tertiary/aromatic N) is 1. The van der Waals surface area contributed by atoms with Gasteiger partial charge in [-0.3, -0.25) is 0 Å². The van der Waals surface area contributed by atoms with Crippen molar-refractivity contribution >= 4 is 16.9 Å². The minimum Gasteiger partial charge on any atom is -0.361 e. The van der Waals surface area contributed by atoms with Crippen molar-refractivity contribution in [2.24, 2.45) is 5.73 Å². The fourth-order valence-electron chi connectivity index (χ4n) is 2.58. The predicted molar refractivity (Wildman–Crippen MR) is 74.9 cm³/mol. The second-order valence-electron chi connectivity index (χ2n) is 4.94. The molecule has 0 bridgehead atoms. The number of hydrogen-bond donors (Lipinski definition) is 3. The first-order valence-electron chi connectivity index (χ1n) is 6.58. The molecular weight excluding hydrogens is 240 g/mol. The van der Waals surface area contributed by atoms with Crippen molar-refractivity contribution in [1.29, 1.82) is 0 Å². The number of nitrogens with one attached hydrogen (secondary N) is 2. The molecule has 0 spiro atoms. The summed E-state index contributed by atoms with van der Waals surface area (Å²) in [5.41, 5.74) is 7.97. The average Bonchev–Trinajstić information content (AvgIpc) is 3.00. The molecule has 0 radical (unpaired) electrons. The van der Waals surface area contributed by atoms with E-state index in [2.05, 4.69) is 22.4 Å². The summed E-state index contributed by atoms with van der Waals surface area (Å²) in [4.78, 5) is 16.8. The molecule has 1 aromatic carbocycles. The van der Waals surface area contributed by atoms with E-state index in [0.717, 1.165) is 18.5 Å². The number of fused-ring (bicyclic) bond motifs is 1. The Morgan fingerprint density at radius 1 is 1.37 bits per heavy atom. The summed E-state index contributed by atoms with van der Waals surface area (Å²) < 4.78 is 0. The van der Waals surface area contributed by atoms with Crippen molar-refractivity contribution in [2.75, 3.05) is 19.6 Å². The zero-order valence-electron chi connectivity index (χ0n) is 10.7. The molecule has 1 saturated heterocycles. The van der Waals surface area contributed by atoms with E-state index in [-0.39, 0.29) is 12.1 Å². The number of para-hydroxylation sites is 1. The first-order valence-corrected chi connectivity index (χ1v) is 6.58. The van der Waals surface area contributed by atoms with Crippen LogP contribution in [0.4, 0.5) is 4.79 Å². The van der Waals surface area contributed by atoms with Crippen LogP contribution in [0.2, 0.25) is 0 Å². The fourth-order valence-corrected chi connectivity index (χ4v) is 2.58. The maximum Gasteiger partial charge on any atom is 0.317 e. The molecule has 1 atom stereocenters. The summed E-state index contributed by atoms with van der Waals surface area (Å²) in [5, 5.41) is 4.11. The smallest absolute Gasteiger partial charge is 0.317 e. The molecule has 1 fully saturated rings. The van der Waals surface area contributed by atoms with Gasteiger partial charge < -0.3 is 20.9 Å². The summed E-state index contributed by atoms with van der Waals surface area (Å²) in [6, 6.07) is 8.31. The fraction of sp³-hybridized carbons (Fsp3) is 0.357. The molecule has 5 nitrogen and oxygen atoms in total. The lowest BCUT2D eigenvalue weighted by atomic mass is 10.1.